The minimum absolute atomic E-state index is 0.0796. The van der Waals surface area contributed by atoms with Crippen LogP contribution in [0.5, 0.6) is 0 Å². The third kappa shape index (κ3) is 3.25. The number of anilines is 1. The number of rotatable bonds is 4. The summed E-state index contributed by atoms with van der Waals surface area (Å²) in [7, 11) is 1.82. The van der Waals surface area contributed by atoms with Crippen LogP contribution in [0.25, 0.3) is 5.65 Å². The van der Waals surface area contributed by atoms with Crippen LogP contribution >= 0.6 is 0 Å². The number of hydrogen-bond acceptors (Lipinski definition) is 4. The molecule has 0 saturated heterocycles. The highest BCUT2D eigenvalue weighted by Crippen LogP contribution is 2.28. The number of aromatic nitrogens is 4. The van der Waals surface area contributed by atoms with E-state index in [1.54, 1.807) is 6.07 Å². The van der Waals surface area contributed by atoms with Gasteiger partial charge in [0.25, 0.3) is 5.82 Å². The van der Waals surface area contributed by atoms with Crippen LogP contribution < -0.4 is 4.90 Å². The molecule has 0 aliphatic carbocycles. The molecule has 1 atom stereocenters. The summed E-state index contributed by atoms with van der Waals surface area (Å²) in [4.78, 5) is 1.86. The molecule has 2 rings (SSSR count). The predicted molar refractivity (Wildman–Crippen MR) is 73.1 cm³/mol. The Labute approximate surface area is 120 Å². The minimum atomic E-state index is -4.58. The highest BCUT2D eigenvalue weighted by atomic mass is 19.4. The Morgan fingerprint density at radius 1 is 1.19 bits per heavy atom. The zero-order valence-corrected chi connectivity index (χ0v) is 12.4. The van der Waals surface area contributed by atoms with Gasteiger partial charge in [-0.3, -0.25) is 0 Å². The molecule has 0 saturated carbocycles. The number of hydrogen-bond donors (Lipinski definition) is 0. The van der Waals surface area contributed by atoms with E-state index in [1.165, 1.54) is 6.07 Å². The molecule has 2 aromatic rings. The Morgan fingerprint density at radius 3 is 2.43 bits per heavy atom. The smallest absolute Gasteiger partial charge is 0.356 e. The fourth-order valence-electron chi connectivity index (χ4n) is 2.21. The van der Waals surface area contributed by atoms with Crippen molar-refractivity contribution in [3.05, 3.63) is 18.0 Å². The van der Waals surface area contributed by atoms with Gasteiger partial charge in [0, 0.05) is 13.1 Å². The lowest BCUT2D eigenvalue weighted by atomic mass is 10.0. The van der Waals surface area contributed by atoms with Crippen LogP contribution in [0.4, 0.5) is 19.0 Å². The summed E-state index contributed by atoms with van der Waals surface area (Å²) in [5, 5.41) is 10.7. The Kier molecular flexibility index (Phi) is 4.06. The second-order valence-electron chi connectivity index (χ2n) is 5.57. The van der Waals surface area contributed by atoms with E-state index in [1.807, 2.05) is 18.9 Å². The van der Waals surface area contributed by atoms with Crippen molar-refractivity contribution in [2.24, 2.45) is 5.92 Å². The first-order valence-electron chi connectivity index (χ1n) is 6.72. The molecule has 0 unspecified atom stereocenters. The zero-order chi connectivity index (χ0) is 15.8. The molecule has 2 aromatic heterocycles. The highest BCUT2D eigenvalue weighted by molar-refractivity contribution is 5.46. The molecule has 0 bridgehead atoms. The maximum absolute atomic E-state index is 12.8. The maximum atomic E-state index is 12.8. The molecule has 0 N–H and O–H groups in total. The van der Waals surface area contributed by atoms with E-state index < -0.39 is 12.0 Å². The normalized spacial score (nSPS) is 13.9. The van der Waals surface area contributed by atoms with Crippen LogP contribution in [0, 0.1) is 5.92 Å². The van der Waals surface area contributed by atoms with Gasteiger partial charge in [0.05, 0.1) is 0 Å². The van der Waals surface area contributed by atoms with Gasteiger partial charge in [-0.15, -0.1) is 15.3 Å². The third-order valence-electron chi connectivity index (χ3n) is 3.34. The van der Waals surface area contributed by atoms with Gasteiger partial charge < -0.3 is 4.90 Å². The van der Waals surface area contributed by atoms with Crippen molar-refractivity contribution in [3.8, 4) is 0 Å². The molecule has 0 amide bonds. The lowest BCUT2D eigenvalue weighted by Gasteiger charge is -2.27. The van der Waals surface area contributed by atoms with Crippen molar-refractivity contribution in [1.29, 1.82) is 0 Å². The van der Waals surface area contributed by atoms with Crippen LogP contribution in [0.15, 0.2) is 12.1 Å². The molecule has 116 valence electrons. The van der Waals surface area contributed by atoms with E-state index in [0.29, 0.717) is 11.7 Å². The molecule has 0 aliphatic heterocycles. The molecule has 0 radical (unpaired) electrons. The topological polar surface area (TPSA) is 46.3 Å². The lowest BCUT2D eigenvalue weighted by molar-refractivity contribution is -0.146. The number of alkyl halides is 3. The average Bonchev–Trinajstić information content (AvgIpc) is 2.79. The minimum Gasteiger partial charge on any atom is -0.356 e. The van der Waals surface area contributed by atoms with Crippen LogP contribution in [0.1, 0.15) is 33.0 Å². The first-order valence-corrected chi connectivity index (χ1v) is 6.72. The van der Waals surface area contributed by atoms with Crippen LogP contribution in [0.2, 0.25) is 0 Å². The van der Waals surface area contributed by atoms with Gasteiger partial charge in [-0.1, -0.05) is 13.8 Å². The van der Waals surface area contributed by atoms with Crippen LogP contribution in [0.3, 0.4) is 0 Å². The SMILES string of the molecule is CC(C)C[C@@H](C)N(C)c1ccc2nnc(C(F)(F)F)n2n1. The van der Waals surface area contributed by atoms with Gasteiger partial charge in [-0.2, -0.15) is 17.7 Å². The molecule has 0 fully saturated rings. The van der Waals surface area contributed by atoms with Gasteiger partial charge in [0.15, 0.2) is 5.65 Å². The first kappa shape index (κ1) is 15.5. The van der Waals surface area contributed by atoms with Gasteiger partial charge in [-0.25, -0.2) is 0 Å². The quantitative estimate of drug-likeness (QED) is 0.871. The molecule has 0 spiro atoms. The van der Waals surface area contributed by atoms with E-state index in [-0.39, 0.29) is 11.7 Å². The molecular formula is C13H18F3N5. The Balaban J connectivity index is 2.38. The first-order chi connectivity index (χ1) is 9.70. The van der Waals surface area contributed by atoms with E-state index in [0.717, 1.165) is 10.9 Å². The summed E-state index contributed by atoms with van der Waals surface area (Å²) < 4.78 is 39.3. The van der Waals surface area contributed by atoms with Crippen LogP contribution in [-0.2, 0) is 6.18 Å². The second kappa shape index (κ2) is 5.50. The fourth-order valence-corrected chi connectivity index (χ4v) is 2.21. The predicted octanol–water partition coefficient (Wildman–Crippen LogP) is 3.01. The summed E-state index contributed by atoms with van der Waals surface area (Å²) in [5.74, 6) is -0.156. The Morgan fingerprint density at radius 2 is 1.86 bits per heavy atom. The molecule has 21 heavy (non-hydrogen) atoms. The summed E-state index contributed by atoms with van der Waals surface area (Å²) >= 11 is 0. The summed E-state index contributed by atoms with van der Waals surface area (Å²) in [6.45, 7) is 6.22. The maximum Gasteiger partial charge on any atom is 0.453 e. The van der Waals surface area contributed by atoms with Gasteiger partial charge >= 0.3 is 6.18 Å². The lowest BCUT2D eigenvalue weighted by Crippen LogP contribution is -2.31. The van der Waals surface area contributed by atoms with Crippen molar-refractivity contribution in [2.45, 2.75) is 39.4 Å². The third-order valence-corrected chi connectivity index (χ3v) is 3.34. The molecule has 0 aromatic carbocycles. The van der Waals surface area contributed by atoms with E-state index in [2.05, 4.69) is 29.1 Å². The summed E-state index contributed by atoms with van der Waals surface area (Å²) in [6, 6.07) is 3.31. The molecule has 5 nitrogen and oxygen atoms in total. The standard InChI is InChI=1S/C13H18F3N5/c1-8(2)7-9(3)20(4)11-6-5-10-17-18-12(13(14,15)16)21(10)19-11/h5-6,8-9H,7H2,1-4H3/t9-/m1/s1. The van der Waals surface area contributed by atoms with Crippen molar-refractivity contribution in [3.63, 3.8) is 0 Å². The zero-order valence-electron chi connectivity index (χ0n) is 12.4. The highest BCUT2D eigenvalue weighted by Gasteiger charge is 2.37. The number of halogens is 3. The van der Waals surface area contributed by atoms with Gasteiger partial charge in [0.1, 0.15) is 5.82 Å². The van der Waals surface area contributed by atoms with E-state index >= 15 is 0 Å². The van der Waals surface area contributed by atoms with Crippen molar-refractivity contribution in [1.82, 2.24) is 19.8 Å². The van der Waals surface area contributed by atoms with Gasteiger partial charge in [0.2, 0.25) is 0 Å². The Hall–Kier alpha value is -1.86. The molecule has 2 heterocycles. The number of nitrogens with zero attached hydrogens (tertiary/aromatic N) is 5. The largest absolute Gasteiger partial charge is 0.453 e. The molecular weight excluding hydrogens is 283 g/mol. The Bertz CT molecular complexity index is 620. The summed E-state index contributed by atoms with van der Waals surface area (Å²) in [5.41, 5.74) is 0.0796. The van der Waals surface area contributed by atoms with E-state index in [9.17, 15) is 13.2 Å². The number of fused-ring (bicyclic) bond motifs is 1. The monoisotopic (exact) mass is 301 g/mol. The summed E-state index contributed by atoms with van der Waals surface area (Å²) in [6.07, 6.45) is -3.66. The molecule has 8 heteroatoms. The molecule has 0 aliphatic rings. The van der Waals surface area contributed by atoms with Crippen molar-refractivity contribution < 1.29 is 13.2 Å². The van der Waals surface area contributed by atoms with Crippen molar-refractivity contribution in [2.75, 3.05) is 11.9 Å². The average molecular weight is 301 g/mol. The van der Waals surface area contributed by atoms with E-state index in [4.69, 9.17) is 0 Å². The van der Waals surface area contributed by atoms with Gasteiger partial charge in [-0.05, 0) is 31.4 Å². The van der Waals surface area contributed by atoms with Crippen molar-refractivity contribution >= 4 is 11.5 Å². The fraction of sp³-hybridized carbons (Fsp3) is 0.615. The van der Waals surface area contributed by atoms with Crippen LogP contribution in [-0.4, -0.2) is 32.9 Å². The second-order valence-corrected chi connectivity index (χ2v) is 5.57.